The zero-order chi connectivity index (χ0) is 17.6. The molecule has 0 saturated carbocycles. The maximum Gasteiger partial charge on any atom is 0.240 e. The Morgan fingerprint density at radius 2 is 2.12 bits per heavy atom. The third kappa shape index (κ3) is 5.48. The van der Waals surface area contributed by atoms with E-state index < -0.39 is 0 Å². The molecule has 0 atom stereocenters. The molecule has 3 rings (SSSR count). The quantitative estimate of drug-likeness (QED) is 0.838. The third-order valence-electron chi connectivity index (χ3n) is 4.24. The van der Waals surface area contributed by atoms with Gasteiger partial charge in [0.2, 0.25) is 11.8 Å². The molecule has 0 bridgehead atoms. The highest BCUT2D eigenvalue weighted by atomic mass is 35.5. The number of nitrogens with two attached hydrogens (primary N) is 1. The lowest BCUT2D eigenvalue weighted by Gasteiger charge is -2.21. The van der Waals surface area contributed by atoms with Crippen LogP contribution in [0, 0.1) is 5.82 Å². The Kier molecular flexibility index (Phi) is 7.50. The Labute approximate surface area is 157 Å². The van der Waals surface area contributed by atoms with Crippen LogP contribution in [0.4, 0.5) is 4.39 Å². The molecule has 0 aliphatic carbocycles. The molecule has 7 nitrogen and oxygen atoms in total. The van der Waals surface area contributed by atoms with Gasteiger partial charge in [-0.2, -0.15) is 4.98 Å². The highest BCUT2D eigenvalue weighted by Crippen LogP contribution is 2.11. The predicted octanol–water partition coefficient (Wildman–Crippen LogP) is 1.37. The summed E-state index contributed by atoms with van der Waals surface area (Å²) in [7, 11) is 0. The fraction of sp³-hybridized carbons (Fsp3) is 0.471. The second-order valence-electron chi connectivity index (χ2n) is 6.13. The number of hydrogen-bond acceptors (Lipinski definition) is 6. The molecule has 0 unspecified atom stereocenters. The maximum absolute atomic E-state index is 13.3. The van der Waals surface area contributed by atoms with Crippen molar-refractivity contribution in [3.05, 3.63) is 47.4 Å². The molecule has 1 amide bonds. The van der Waals surface area contributed by atoms with E-state index in [0.717, 1.165) is 19.5 Å². The largest absolute Gasteiger partial charge is 0.341 e. The number of benzene rings is 1. The summed E-state index contributed by atoms with van der Waals surface area (Å²) < 4.78 is 18.3. The number of rotatable bonds is 5. The summed E-state index contributed by atoms with van der Waals surface area (Å²) in [5, 5.41) is 3.91. The summed E-state index contributed by atoms with van der Waals surface area (Å²) in [6.07, 6.45) is 1.10. The minimum atomic E-state index is -0.315. The first kappa shape index (κ1) is 20.3. The number of nitrogens with zero attached hydrogens (tertiary/aromatic N) is 4. The second kappa shape index (κ2) is 9.61. The number of carbonyl (C=O) groups is 1. The van der Waals surface area contributed by atoms with E-state index in [0.29, 0.717) is 36.9 Å². The normalized spacial score (nSPS) is 15.4. The van der Waals surface area contributed by atoms with Gasteiger partial charge in [-0.3, -0.25) is 9.69 Å². The first-order valence-electron chi connectivity index (χ1n) is 8.40. The van der Waals surface area contributed by atoms with Crippen LogP contribution in [-0.2, 0) is 24.3 Å². The molecule has 26 heavy (non-hydrogen) atoms. The Bertz CT molecular complexity index is 727. The standard InChI is InChI=1S/C17H22FN5O2.ClH/c18-14-4-1-3-13(9-14)10-17(24)23-6-2-5-22(7-8-23)12-15-20-16(11-19)25-21-15;/h1,3-4,9H,2,5-8,10-12,19H2;1H. The van der Waals surface area contributed by atoms with Crippen molar-refractivity contribution in [1.82, 2.24) is 19.9 Å². The van der Waals surface area contributed by atoms with Crippen LogP contribution in [-0.4, -0.2) is 52.0 Å². The molecule has 2 aromatic rings. The van der Waals surface area contributed by atoms with E-state index in [9.17, 15) is 9.18 Å². The first-order chi connectivity index (χ1) is 12.1. The van der Waals surface area contributed by atoms with Crippen molar-refractivity contribution in [3.8, 4) is 0 Å². The highest BCUT2D eigenvalue weighted by Gasteiger charge is 2.20. The molecule has 1 saturated heterocycles. The minimum absolute atomic E-state index is 0. The van der Waals surface area contributed by atoms with Crippen LogP contribution in [0.2, 0.25) is 0 Å². The lowest BCUT2D eigenvalue weighted by Crippen LogP contribution is -2.36. The molecule has 2 heterocycles. The molecule has 9 heteroatoms. The fourth-order valence-electron chi connectivity index (χ4n) is 2.95. The lowest BCUT2D eigenvalue weighted by molar-refractivity contribution is -0.130. The van der Waals surface area contributed by atoms with E-state index in [1.54, 1.807) is 12.1 Å². The summed E-state index contributed by atoms with van der Waals surface area (Å²) in [4.78, 5) is 20.7. The molecule has 1 aliphatic heterocycles. The van der Waals surface area contributed by atoms with Crippen LogP contribution in [0.5, 0.6) is 0 Å². The average molecular weight is 384 g/mol. The molecular weight excluding hydrogens is 361 g/mol. The van der Waals surface area contributed by atoms with Gasteiger partial charge in [0.25, 0.3) is 0 Å². The lowest BCUT2D eigenvalue weighted by atomic mass is 10.1. The van der Waals surface area contributed by atoms with Crippen LogP contribution in [0.1, 0.15) is 23.7 Å². The Morgan fingerprint density at radius 1 is 1.27 bits per heavy atom. The molecule has 1 aromatic heterocycles. The molecule has 1 aromatic carbocycles. The van der Waals surface area contributed by atoms with Gasteiger partial charge in [-0.05, 0) is 24.1 Å². The summed E-state index contributed by atoms with van der Waals surface area (Å²) in [5.41, 5.74) is 6.17. The van der Waals surface area contributed by atoms with Crippen molar-refractivity contribution in [3.63, 3.8) is 0 Å². The molecule has 142 valence electrons. The zero-order valence-corrected chi connectivity index (χ0v) is 15.3. The third-order valence-corrected chi connectivity index (χ3v) is 4.24. The van der Waals surface area contributed by atoms with Crippen LogP contribution in [0.15, 0.2) is 28.8 Å². The number of amides is 1. The smallest absolute Gasteiger partial charge is 0.240 e. The highest BCUT2D eigenvalue weighted by molar-refractivity contribution is 5.85. The van der Waals surface area contributed by atoms with E-state index in [2.05, 4.69) is 15.0 Å². The molecular formula is C17H23ClFN5O2. The van der Waals surface area contributed by atoms with Gasteiger partial charge < -0.3 is 15.2 Å². The van der Waals surface area contributed by atoms with Gasteiger partial charge in [0.15, 0.2) is 5.82 Å². The van der Waals surface area contributed by atoms with Gasteiger partial charge >= 0.3 is 0 Å². The Balaban J connectivity index is 0.00000243. The predicted molar refractivity (Wildman–Crippen MR) is 96.0 cm³/mol. The number of carbonyl (C=O) groups excluding carboxylic acids is 1. The Hall–Kier alpha value is -2.03. The van der Waals surface area contributed by atoms with E-state index in [1.807, 2.05) is 4.90 Å². The topological polar surface area (TPSA) is 88.5 Å². The van der Waals surface area contributed by atoms with Gasteiger partial charge in [0.1, 0.15) is 5.82 Å². The number of halogens is 2. The fourth-order valence-corrected chi connectivity index (χ4v) is 2.95. The van der Waals surface area contributed by atoms with E-state index in [1.165, 1.54) is 12.1 Å². The van der Waals surface area contributed by atoms with Crippen molar-refractivity contribution in [1.29, 1.82) is 0 Å². The van der Waals surface area contributed by atoms with Crippen molar-refractivity contribution < 1.29 is 13.7 Å². The molecule has 2 N–H and O–H groups in total. The summed E-state index contributed by atoms with van der Waals surface area (Å²) in [6.45, 7) is 3.74. The summed E-state index contributed by atoms with van der Waals surface area (Å²) in [6, 6.07) is 6.19. The van der Waals surface area contributed by atoms with Gasteiger partial charge in [-0.1, -0.05) is 17.3 Å². The monoisotopic (exact) mass is 383 g/mol. The molecule has 0 spiro atoms. The van der Waals surface area contributed by atoms with Gasteiger partial charge in [-0.15, -0.1) is 12.4 Å². The van der Waals surface area contributed by atoms with Crippen molar-refractivity contribution >= 4 is 18.3 Å². The van der Waals surface area contributed by atoms with Crippen molar-refractivity contribution in [2.45, 2.75) is 25.9 Å². The molecule has 1 fully saturated rings. The SMILES string of the molecule is Cl.NCc1nc(CN2CCCN(C(=O)Cc3cccc(F)c3)CC2)no1. The maximum atomic E-state index is 13.3. The molecule has 1 aliphatic rings. The number of hydrogen-bond donors (Lipinski definition) is 1. The van der Waals surface area contributed by atoms with Crippen molar-refractivity contribution in [2.75, 3.05) is 26.2 Å². The van der Waals surface area contributed by atoms with Crippen LogP contribution >= 0.6 is 12.4 Å². The summed E-state index contributed by atoms with van der Waals surface area (Å²) >= 11 is 0. The van der Waals surface area contributed by atoms with Crippen LogP contribution in [0.25, 0.3) is 0 Å². The van der Waals surface area contributed by atoms with Crippen LogP contribution < -0.4 is 5.73 Å². The van der Waals surface area contributed by atoms with Gasteiger partial charge in [0.05, 0.1) is 19.5 Å². The van der Waals surface area contributed by atoms with Crippen LogP contribution in [0.3, 0.4) is 0 Å². The number of aromatic nitrogens is 2. The van der Waals surface area contributed by atoms with E-state index >= 15 is 0 Å². The van der Waals surface area contributed by atoms with Gasteiger partial charge in [-0.25, -0.2) is 4.39 Å². The van der Waals surface area contributed by atoms with E-state index in [4.69, 9.17) is 10.3 Å². The molecule has 0 radical (unpaired) electrons. The summed E-state index contributed by atoms with van der Waals surface area (Å²) in [5.74, 6) is 0.749. The zero-order valence-electron chi connectivity index (χ0n) is 14.4. The van der Waals surface area contributed by atoms with Gasteiger partial charge in [0, 0.05) is 26.2 Å². The minimum Gasteiger partial charge on any atom is -0.341 e. The second-order valence-corrected chi connectivity index (χ2v) is 6.13. The van der Waals surface area contributed by atoms with E-state index in [-0.39, 0.29) is 37.1 Å². The Morgan fingerprint density at radius 3 is 2.85 bits per heavy atom. The first-order valence-corrected chi connectivity index (χ1v) is 8.40. The average Bonchev–Trinajstić information content (AvgIpc) is 2.91. The van der Waals surface area contributed by atoms with Crippen molar-refractivity contribution in [2.24, 2.45) is 5.73 Å².